The average molecular weight is 337 g/mol. The molecule has 5 nitrogen and oxygen atoms in total. The predicted molar refractivity (Wildman–Crippen MR) is 93.7 cm³/mol. The predicted octanol–water partition coefficient (Wildman–Crippen LogP) is 2.06. The lowest BCUT2D eigenvalue weighted by atomic mass is 9.96. The Morgan fingerprint density at radius 2 is 2.00 bits per heavy atom. The maximum atomic E-state index is 12.3. The molecule has 0 atom stereocenters. The number of nitrogens with zero attached hydrogens (tertiary/aromatic N) is 2. The summed E-state index contributed by atoms with van der Waals surface area (Å²) in [6.07, 6.45) is 1.52. The summed E-state index contributed by atoms with van der Waals surface area (Å²) in [5, 5.41) is 4.96. The molecule has 1 N–H and O–H groups in total. The maximum Gasteiger partial charge on any atom is 0.263 e. The molecule has 0 bridgehead atoms. The van der Waals surface area contributed by atoms with Gasteiger partial charge in [-0.15, -0.1) is 11.3 Å². The first-order chi connectivity index (χ1) is 11.2. The van der Waals surface area contributed by atoms with E-state index in [1.54, 1.807) is 0 Å². The van der Waals surface area contributed by atoms with Gasteiger partial charge in [-0.3, -0.25) is 9.59 Å². The quantitative estimate of drug-likeness (QED) is 0.828. The van der Waals surface area contributed by atoms with Gasteiger partial charge in [-0.05, 0) is 37.4 Å². The van der Waals surface area contributed by atoms with Crippen molar-refractivity contribution in [2.45, 2.75) is 26.7 Å². The van der Waals surface area contributed by atoms with Crippen LogP contribution in [0.2, 0.25) is 0 Å². The average Bonchev–Trinajstić information content (AvgIpc) is 3.12. The minimum absolute atomic E-state index is 0.0408. The second-order valence-corrected chi connectivity index (χ2v) is 6.81. The Bertz CT molecular complexity index is 492. The zero-order chi connectivity index (χ0) is 16.7. The molecule has 1 aliphatic rings. The SMILES string of the molecule is CCN(CC)CCNC(=O)C1CCN(C(=O)c2cccs2)CC1. The number of hydrogen-bond donors (Lipinski definition) is 1. The van der Waals surface area contributed by atoms with Gasteiger partial charge in [0.1, 0.15) is 0 Å². The highest BCUT2D eigenvalue weighted by molar-refractivity contribution is 7.12. The molecule has 0 saturated carbocycles. The van der Waals surface area contributed by atoms with Crippen LogP contribution < -0.4 is 5.32 Å². The molecular weight excluding hydrogens is 310 g/mol. The monoisotopic (exact) mass is 337 g/mol. The molecule has 1 saturated heterocycles. The summed E-state index contributed by atoms with van der Waals surface area (Å²) in [7, 11) is 0. The van der Waals surface area contributed by atoms with Crippen LogP contribution in [0.5, 0.6) is 0 Å². The molecule has 1 aromatic heterocycles. The maximum absolute atomic E-state index is 12.3. The van der Waals surface area contributed by atoms with Crippen molar-refractivity contribution in [2.75, 3.05) is 39.3 Å². The zero-order valence-corrected chi connectivity index (χ0v) is 14.9. The van der Waals surface area contributed by atoms with Crippen molar-refractivity contribution < 1.29 is 9.59 Å². The van der Waals surface area contributed by atoms with Gasteiger partial charge in [0.05, 0.1) is 4.88 Å². The molecule has 2 heterocycles. The van der Waals surface area contributed by atoms with Gasteiger partial charge in [0.2, 0.25) is 5.91 Å². The van der Waals surface area contributed by atoms with E-state index in [-0.39, 0.29) is 17.7 Å². The highest BCUT2D eigenvalue weighted by Gasteiger charge is 2.27. The molecule has 1 aromatic rings. The molecule has 128 valence electrons. The standard InChI is InChI=1S/C17H27N3O2S/c1-3-19(4-2)12-9-18-16(21)14-7-10-20(11-8-14)17(22)15-6-5-13-23-15/h5-6,13-14H,3-4,7-12H2,1-2H3,(H,18,21). The van der Waals surface area contributed by atoms with Crippen molar-refractivity contribution in [1.29, 1.82) is 0 Å². The third kappa shape index (κ3) is 5.04. The first-order valence-corrected chi connectivity index (χ1v) is 9.36. The minimum Gasteiger partial charge on any atom is -0.355 e. The molecule has 0 spiro atoms. The summed E-state index contributed by atoms with van der Waals surface area (Å²) < 4.78 is 0. The van der Waals surface area contributed by atoms with Crippen LogP contribution in [0.1, 0.15) is 36.4 Å². The van der Waals surface area contributed by atoms with Gasteiger partial charge in [0, 0.05) is 32.1 Å². The third-order valence-electron chi connectivity index (χ3n) is 4.51. The lowest BCUT2D eigenvalue weighted by Crippen LogP contribution is -2.44. The largest absolute Gasteiger partial charge is 0.355 e. The number of piperidine rings is 1. The summed E-state index contributed by atoms with van der Waals surface area (Å²) in [6, 6.07) is 3.76. The molecule has 0 aromatic carbocycles. The van der Waals surface area contributed by atoms with E-state index in [2.05, 4.69) is 24.1 Å². The molecule has 0 unspecified atom stereocenters. The van der Waals surface area contributed by atoms with Gasteiger partial charge < -0.3 is 15.1 Å². The lowest BCUT2D eigenvalue weighted by molar-refractivity contribution is -0.126. The summed E-state index contributed by atoms with van der Waals surface area (Å²) in [5.41, 5.74) is 0. The van der Waals surface area contributed by atoms with Gasteiger partial charge in [-0.25, -0.2) is 0 Å². The fraction of sp³-hybridized carbons (Fsp3) is 0.647. The Morgan fingerprint density at radius 3 is 2.57 bits per heavy atom. The van der Waals surface area contributed by atoms with Crippen LogP contribution in [-0.2, 0) is 4.79 Å². The van der Waals surface area contributed by atoms with Crippen molar-refractivity contribution in [3.63, 3.8) is 0 Å². The minimum atomic E-state index is 0.0408. The molecule has 1 fully saturated rings. The number of nitrogens with one attached hydrogen (secondary N) is 1. The van der Waals surface area contributed by atoms with E-state index in [4.69, 9.17) is 0 Å². The smallest absolute Gasteiger partial charge is 0.263 e. The Labute approximate surface area is 142 Å². The van der Waals surface area contributed by atoms with Crippen LogP contribution in [0, 0.1) is 5.92 Å². The number of likely N-dealkylation sites (tertiary alicyclic amines) is 1. The van der Waals surface area contributed by atoms with E-state index in [1.807, 2.05) is 22.4 Å². The third-order valence-corrected chi connectivity index (χ3v) is 5.36. The normalized spacial score (nSPS) is 15.9. The number of likely N-dealkylation sites (N-methyl/N-ethyl adjacent to an activating group) is 1. The van der Waals surface area contributed by atoms with Gasteiger partial charge in [0.15, 0.2) is 0 Å². The van der Waals surface area contributed by atoms with Gasteiger partial charge in [-0.2, -0.15) is 0 Å². The van der Waals surface area contributed by atoms with Crippen molar-refractivity contribution in [1.82, 2.24) is 15.1 Å². The second-order valence-electron chi connectivity index (χ2n) is 5.86. The Hall–Kier alpha value is -1.40. The number of amides is 2. The lowest BCUT2D eigenvalue weighted by Gasteiger charge is -2.31. The number of thiophene rings is 1. The number of carbonyl (C=O) groups excluding carboxylic acids is 2. The highest BCUT2D eigenvalue weighted by atomic mass is 32.1. The van der Waals surface area contributed by atoms with Crippen molar-refractivity contribution in [2.24, 2.45) is 5.92 Å². The molecular formula is C17H27N3O2S. The van der Waals surface area contributed by atoms with E-state index in [1.165, 1.54) is 11.3 Å². The fourth-order valence-corrected chi connectivity index (χ4v) is 3.61. The molecule has 0 aliphatic carbocycles. The second kappa shape index (κ2) is 9.03. The van der Waals surface area contributed by atoms with Crippen LogP contribution in [0.25, 0.3) is 0 Å². The van der Waals surface area contributed by atoms with Gasteiger partial charge in [-0.1, -0.05) is 19.9 Å². The van der Waals surface area contributed by atoms with E-state index in [0.717, 1.165) is 37.4 Å². The molecule has 2 rings (SSSR count). The number of hydrogen-bond acceptors (Lipinski definition) is 4. The van der Waals surface area contributed by atoms with Crippen LogP contribution in [-0.4, -0.2) is 60.9 Å². The number of carbonyl (C=O) groups is 2. The molecule has 2 amide bonds. The highest BCUT2D eigenvalue weighted by Crippen LogP contribution is 2.20. The van der Waals surface area contributed by atoms with Gasteiger partial charge in [0.25, 0.3) is 5.91 Å². The van der Waals surface area contributed by atoms with E-state index in [0.29, 0.717) is 19.6 Å². The van der Waals surface area contributed by atoms with Crippen LogP contribution >= 0.6 is 11.3 Å². The summed E-state index contributed by atoms with van der Waals surface area (Å²) in [5.74, 6) is 0.278. The van der Waals surface area contributed by atoms with Crippen molar-refractivity contribution in [3.05, 3.63) is 22.4 Å². The molecule has 1 aliphatic heterocycles. The molecule has 0 radical (unpaired) electrons. The topological polar surface area (TPSA) is 52.7 Å². The molecule has 23 heavy (non-hydrogen) atoms. The Kier molecular flexibility index (Phi) is 7.05. The summed E-state index contributed by atoms with van der Waals surface area (Å²) in [6.45, 7) is 9.22. The van der Waals surface area contributed by atoms with Crippen LogP contribution in [0.4, 0.5) is 0 Å². The van der Waals surface area contributed by atoms with Gasteiger partial charge >= 0.3 is 0 Å². The number of rotatable bonds is 7. The first kappa shape index (κ1) is 17.9. The van der Waals surface area contributed by atoms with Crippen molar-refractivity contribution >= 4 is 23.2 Å². The van der Waals surface area contributed by atoms with E-state index < -0.39 is 0 Å². The van der Waals surface area contributed by atoms with E-state index >= 15 is 0 Å². The Morgan fingerprint density at radius 1 is 1.30 bits per heavy atom. The first-order valence-electron chi connectivity index (χ1n) is 8.48. The summed E-state index contributed by atoms with van der Waals surface area (Å²) in [4.78, 5) is 29.5. The Balaban J connectivity index is 1.71. The van der Waals surface area contributed by atoms with E-state index in [9.17, 15) is 9.59 Å². The van der Waals surface area contributed by atoms with Crippen LogP contribution in [0.15, 0.2) is 17.5 Å². The fourth-order valence-electron chi connectivity index (χ4n) is 2.92. The van der Waals surface area contributed by atoms with Crippen LogP contribution in [0.3, 0.4) is 0 Å². The summed E-state index contributed by atoms with van der Waals surface area (Å²) >= 11 is 1.47. The van der Waals surface area contributed by atoms with Crippen molar-refractivity contribution in [3.8, 4) is 0 Å². The zero-order valence-electron chi connectivity index (χ0n) is 14.1. The molecule has 6 heteroatoms.